The zero-order valence-electron chi connectivity index (χ0n) is 8.59. The summed E-state index contributed by atoms with van der Waals surface area (Å²) in [6, 6.07) is 0. The first kappa shape index (κ1) is 9.30. The first-order valence-corrected chi connectivity index (χ1v) is 4.81. The van der Waals surface area contributed by atoms with E-state index in [1.807, 2.05) is 0 Å². The lowest BCUT2D eigenvalue weighted by molar-refractivity contribution is -0.700. The van der Waals surface area contributed by atoms with Crippen LogP contribution in [-0.4, -0.2) is 4.57 Å². The molecule has 1 rings (SSSR count). The molecule has 68 valence electrons. The first-order valence-electron chi connectivity index (χ1n) is 4.81. The third-order valence-corrected chi connectivity index (χ3v) is 2.43. The van der Waals surface area contributed by atoms with Gasteiger partial charge in [-0.3, -0.25) is 0 Å². The van der Waals surface area contributed by atoms with E-state index in [0.29, 0.717) is 0 Å². The molecular formula is C10H19N2+. The number of hydrogen-bond acceptors (Lipinski definition) is 0. The van der Waals surface area contributed by atoms with Crippen molar-refractivity contribution in [2.24, 2.45) is 7.05 Å². The van der Waals surface area contributed by atoms with E-state index < -0.39 is 0 Å². The summed E-state index contributed by atoms with van der Waals surface area (Å²) in [7, 11) is 2.13. The zero-order valence-corrected chi connectivity index (χ0v) is 8.59. The van der Waals surface area contributed by atoms with Gasteiger partial charge in [-0.25, -0.2) is 9.13 Å². The van der Waals surface area contributed by atoms with Crippen LogP contribution < -0.4 is 4.57 Å². The largest absolute Gasteiger partial charge is 0.243 e. The Morgan fingerprint density at radius 1 is 1.25 bits per heavy atom. The molecule has 0 saturated carbocycles. The predicted molar refractivity (Wildman–Crippen MR) is 50.0 cm³/mol. The van der Waals surface area contributed by atoms with Crippen molar-refractivity contribution in [3.63, 3.8) is 0 Å². The summed E-state index contributed by atoms with van der Waals surface area (Å²) in [5.74, 6) is 0. The van der Waals surface area contributed by atoms with Gasteiger partial charge in [0, 0.05) is 12.8 Å². The summed E-state index contributed by atoms with van der Waals surface area (Å²) in [5, 5.41) is 0. The van der Waals surface area contributed by atoms with Crippen molar-refractivity contribution in [1.29, 1.82) is 0 Å². The van der Waals surface area contributed by atoms with Crippen LogP contribution in [0, 0.1) is 0 Å². The zero-order chi connectivity index (χ0) is 9.14. The van der Waals surface area contributed by atoms with Gasteiger partial charge in [-0.2, -0.15) is 0 Å². The molecule has 0 aliphatic heterocycles. The molecular weight excluding hydrogens is 148 g/mol. The van der Waals surface area contributed by atoms with Gasteiger partial charge < -0.3 is 0 Å². The molecule has 0 radical (unpaired) electrons. The van der Waals surface area contributed by atoms with E-state index in [1.54, 1.807) is 0 Å². The van der Waals surface area contributed by atoms with Crippen molar-refractivity contribution in [2.45, 2.75) is 40.2 Å². The Balaban J connectivity index is 3.16. The molecule has 0 aliphatic carbocycles. The molecule has 1 aromatic rings. The Kier molecular flexibility index (Phi) is 2.90. The summed E-state index contributed by atoms with van der Waals surface area (Å²) < 4.78 is 4.57. The van der Waals surface area contributed by atoms with E-state index in [4.69, 9.17) is 0 Å². The fourth-order valence-corrected chi connectivity index (χ4v) is 1.85. The lowest BCUT2D eigenvalue weighted by Crippen LogP contribution is -2.34. The Bertz CT molecular complexity index is 261. The number of nitrogens with zero attached hydrogens (tertiary/aromatic N) is 2. The lowest BCUT2D eigenvalue weighted by atomic mass is 10.2. The topological polar surface area (TPSA) is 8.81 Å². The van der Waals surface area contributed by atoms with Gasteiger partial charge >= 0.3 is 0 Å². The second-order valence-corrected chi connectivity index (χ2v) is 3.11. The quantitative estimate of drug-likeness (QED) is 0.603. The van der Waals surface area contributed by atoms with Crippen molar-refractivity contribution < 1.29 is 4.57 Å². The minimum Gasteiger partial charge on any atom is -0.237 e. The van der Waals surface area contributed by atoms with Crippen LogP contribution in [-0.2, 0) is 26.4 Å². The van der Waals surface area contributed by atoms with E-state index in [2.05, 4.69) is 43.3 Å². The van der Waals surface area contributed by atoms with Gasteiger partial charge in [-0.15, -0.1) is 0 Å². The molecule has 1 heterocycles. The molecule has 0 bridgehead atoms. The van der Waals surface area contributed by atoms with E-state index >= 15 is 0 Å². The SMILES string of the molecule is CCc1c(CC)[n+](CC)cn1C. The molecule has 0 N–H and O–H groups in total. The molecule has 12 heavy (non-hydrogen) atoms. The summed E-state index contributed by atoms with van der Waals surface area (Å²) >= 11 is 0. The third kappa shape index (κ3) is 1.38. The number of aryl methyl sites for hydroxylation is 2. The molecule has 0 atom stereocenters. The average Bonchev–Trinajstić information content (AvgIpc) is 2.40. The summed E-state index contributed by atoms with van der Waals surface area (Å²) in [6.07, 6.45) is 4.46. The molecule has 0 saturated heterocycles. The maximum atomic E-state index is 2.33. The van der Waals surface area contributed by atoms with Gasteiger partial charge in [0.15, 0.2) is 0 Å². The Hall–Kier alpha value is -0.790. The fraction of sp³-hybridized carbons (Fsp3) is 0.700. The van der Waals surface area contributed by atoms with Gasteiger partial charge in [-0.05, 0) is 6.92 Å². The van der Waals surface area contributed by atoms with E-state index in [-0.39, 0.29) is 0 Å². The standard InChI is InChI=1S/C10H19N2/c1-5-9-10(6-2)12(7-3)8-11(9)4/h8H,5-7H2,1-4H3/q+1. The van der Waals surface area contributed by atoms with Gasteiger partial charge in [-0.1, -0.05) is 13.8 Å². The number of imidazole rings is 1. The highest BCUT2D eigenvalue weighted by Crippen LogP contribution is 2.05. The van der Waals surface area contributed by atoms with Crippen LogP contribution in [0.2, 0.25) is 0 Å². The smallest absolute Gasteiger partial charge is 0.237 e. The Morgan fingerprint density at radius 3 is 2.33 bits per heavy atom. The van der Waals surface area contributed by atoms with E-state index in [9.17, 15) is 0 Å². The van der Waals surface area contributed by atoms with E-state index in [0.717, 1.165) is 19.4 Å². The number of rotatable bonds is 3. The summed E-state index contributed by atoms with van der Waals surface area (Å²) in [4.78, 5) is 0. The van der Waals surface area contributed by atoms with Crippen molar-refractivity contribution in [3.05, 3.63) is 17.7 Å². The number of hydrogen-bond donors (Lipinski definition) is 0. The summed E-state index contributed by atoms with van der Waals surface area (Å²) in [5.41, 5.74) is 2.96. The molecule has 0 aliphatic rings. The maximum Gasteiger partial charge on any atom is 0.243 e. The maximum absolute atomic E-state index is 2.33. The van der Waals surface area contributed by atoms with Crippen molar-refractivity contribution in [2.75, 3.05) is 0 Å². The lowest BCUT2D eigenvalue weighted by Gasteiger charge is -1.96. The molecule has 0 unspecified atom stereocenters. The van der Waals surface area contributed by atoms with Crippen molar-refractivity contribution in [3.8, 4) is 0 Å². The average molecular weight is 167 g/mol. The molecule has 0 amide bonds. The summed E-state index contributed by atoms with van der Waals surface area (Å²) in [6.45, 7) is 7.71. The van der Waals surface area contributed by atoms with Crippen LogP contribution in [0.25, 0.3) is 0 Å². The van der Waals surface area contributed by atoms with Crippen LogP contribution in [0.3, 0.4) is 0 Å². The Morgan fingerprint density at radius 2 is 1.92 bits per heavy atom. The monoisotopic (exact) mass is 167 g/mol. The molecule has 0 fully saturated rings. The van der Waals surface area contributed by atoms with Crippen LogP contribution in [0.4, 0.5) is 0 Å². The van der Waals surface area contributed by atoms with Crippen LogP contribution >= 0.6 is 0 Å². The van der Waals surface area contributed by atoms with Crippen LogP contribution in [0.5, 0.6) is 0 Å². The van der Waals surface area contributed by atoms with Gasteiger partial charge in [0.2, 0.25) is 6.33 Å². The van der Waals surface area contributed by atoms with E-state index in [1.165, 1.54) is 11.4 Å². The van der Waals surface area contributed by atoms with Gasteiger partial charge in [0.05, 0.1) is 13.6 Å². The molecule has 1 aromatic heterocycles. The third-order valence-electron chi connectivity index (χ3n) is 2.43. The van der Waals surface area contributed by atoms with Crippen molar-refractivity contribution >= 4 is 0 Å². The number of aromatic nitrogens is 2. The molecule has 2 nitrogen and oxygen atoms in total. The first-order chi connectivity index (χ1) is 5.74. The van der Waals surface area contributed by atoms with Gasteiger partial charge in [0.1, 0.15) is 11.4 Å². The molecule has 2 heteroatoms. The second kappa shape index (κ2) is 3.74. The van der Waals surface area contributed by atoms with Crippen molar-refractivity contribution in [1.82, 2.24) is 4.57 Å². The normalized spacial score (nSPS) is 10.7. The predicted octanol–water partition coefficient (Wildman–Crippen LogP) is 1.46. The minimum absolute atomic E-state index is 1.08. The second-order valence-electron chi connectivity index (χ2n) is 3.11. The van der Waals surface area contributed by atoms with Crippen LogP contribution in [0.1, 0.15) is 32.2 Å². The minimum atomic E-state index is 1.08. The highest BCUT2D eigenvalue weighted by molar-refractivity contribution is 5.06. The fourth-order valence-electron chi connectivity index (χ4n) is 1.85. The molecule has 0 spiro atoms. The molecule has 0 aromatic carbocycles. The highest BCUT2D eigenvalue weighted by atomic mass is 15.1. The highest BCUT2D eigenvalue weighted by Gasteiger charge is 2.15. The van der Waals surface area contributed by atoms with Crippen LogP contribution in [0.15, 0.2) is 6.33 Å². The Labute approximate surface area is 74.8 Å². The van der Waals surface area contributed by atoms with Gasteiger partial charge in [0.25, 0.3) is 0 Å².